The average Bonchev–Trinajstić information content (AvgIpc) is 2.79. The van der Waals surface area contributed by atoms with Crippen LogP contribution < -0.4 is 15.5 Å². The predicted octanol–water partition coefficient (Wildman–Crippen LogP) is 1.69. The van der Waals surface area contributed by atoms with Crippen LogP contribution in [-0.2, 0) is 0 Å². The van der Waals surface area contributed by atoms with Crippen LogP contribution in [0.25, 0.3) is 0 Å². The van der Waals surface area contributed by atoms with Gasteiger partial charge in [-0.3, -0.25) is 9.79 Å². The number of aromatic hydroxyl groups is 1. The molecule has 3 rings (SSSR count). The molecule has 0 radical (unpaired) electrons. The number of piperazine rings is 1. The first kappa shape index (κ1) is 21.4. The molecule has 8 heteroatoms. The summed E-state index contributed by atoms with van der Waals surface area (Å²) in [7, 11) is 0. The Morgan fingerprint density at radius 1 is 1.13 bits per heavy atom. The number of nitrogens with zero attached hydrogens (tertiary/aromatic N) is 4. The van der Waals surface area contributed by atoms with Crippen molar-refractivity contribution >= 4 is 17.7 Å². The van der Waals surface area contributed by atoms with Gasteiger partial charge in [0, 0.05) is 57.6 Å². The van der Waals surface area contributed by atoms with Crippen LogP contribution in [0.5, 0.6) is 5.75 Å². The van der Waals surface area contributed by atoms with E-state index in [2.05, 4.69) is 32.3 Å². The van der Waals surface area contributed by atoms with Crippen LogP contribution in [0.4, 0.5) is 5.82 Å². The number of amides is 1. The summed E-state index contributed by atoms with van der Waals surface area (Å²) < 4.78 is 0. The zero-order valence-electron chi connectivity index (χ0n) is 17.4. The summed E-state index contributed by atoms with van der Waals surface area (Å²) in [5.41, 5.74) is 0.456. The third-order valence-corrected chi connectivity index (χ3v) is 4.88. The van der Waals surface area contributed by atoms with Gasteiger partial charge in [0.25, 0.3) is 5.91 Å². The summed E-state index contributed by atoms with van der Waals surface area (Å²) >= 11 is 0. The minimum absolute atomic E-state index is 0.0886. The molecule has 1 fully saturated rings. The average molecular weight is 411 g/mol. The smallest absolute Gasteiger partial charge is 0.251 e. The fourth-order valence-electron chi connectivity index (χ4n) is 3.33. The number of benzene rings is 1. The molecular formula is C22H30N6O2. The van der Waals surface area contributed by atoms with Crippen molar-refractivity contribution < 1.29 is 9.90 Å². The molecule has 0 spiro atoms. The Morgan fingerprint density at radius 3 is 2.67 bits per heavy atom. The van der Waals surface area contributed by atoms with E-state index in [9.17, 15) is 9.90 Å². The Hall–Kier alpha value is -3.29. The fourth-order valence-corrected chi connectivity index (χ4v) is 3.33. The molecule has 1 aliphatic heterocycles. The molecule has 1 aliphatic rings. The largest absolute Gasteiger partial charge is 0.508 e. The van der Waals surface area contributed by atoms with E-state index >= 15 is 0 Å². The van der Waals surface area contributed by atoms with Crippen LogP contribution in [0.3, 0.4) is 0 Å². The molecule has 0 saturated carbocycles. The number of guanidine groups is 1. The van der Waals surface area contributed by atoms with Crippen molar-refractivity contribution in [3.05, 3.63) is 54.2 Å². The van der Waals surface area contributed by atoms with Crippen molar-refractivity contribution in [2.75, 3.05) is 50.7 Å². The Bertz CT molecular complexity index is 835. The van der Waals surface area contributed by atoms with Crippen LogP contribution in [-0.4, -0.2) is 72.7 Å². The highest BCUT2D eigenvalue weighted by atomic mass is 16.3. The fraction of sp³-hybridized carbons (Fsp3) is 0.409. The summed E-state index contributed by atoms with van der Waals surface area (Å²) in [6.45, 7) is 7.62. The molecule has 1 saturated heterocycles. The van der Waals surface area contributed by atoms with E-state index in [1.807, 2.05) is 24.4 Å². The lowest BCUT2D eigenvalue weighted by Gasteiger charge is -2.37. The standard InChI is InChI=1S/C22H30N6O2/c1-2-23-22(28-15-13-27(14-16-28)20-9-3-4-10-24-20)26-12-6-11-25-21(30)18-7-5-8-19(29)17-18/h3-5,7-10,17,29H,2,6,11-16H2,1H3,(H,23,26)(H,25,30). The number of hydrogen-bond donors (Lipinski definition) is 3. The Morgan fingerprint density at radius 2 is 1.97 bits per heavy atom. The van der Waals surface area contributed by atoms with Gasteiger partial charge in [-0.2, -0.15) is 0 Å². The van der Waals surface area contributed by atoms with Crippen molar-refractivity contribution in [2.45, 2.75) is 13.3 Å². The molecule has 160 valence electrons. The van der Waals surface area contributed by atoms with Crippen LogP contribution in [0.1, 0.15) is 23.7 Å². The summed E-state index contributed by atoms with van der Waals surface area (Å²) in [5.74, 6) is 1.83. The maximum atomic E-state index is 12.1. The van der Waals surface area contributed by atoms with Crippen LogP contribution >= 0.6 is 0 Å². The van der Waals surface area contributed by atoms with E-state index < -0.39 is 0 Å². The Labute approximate surface area is 177 Å². The van der Waals surface area contributed by atoms with E-state index in [1.54, 1.807) is 18.2 Å². The van der Waals surface area contributed by atoms with Crippen LogP contribution in [0.2, 0.25) is 0 Å². The maximum absolute atomic E-state index is 12.1. The monoisotopic (exact) mass is 410 g/mol. The van der Waals surface area contributed by atoms with Crippen molar-refractivity contribution in [3.63, 3.8) is 0 Å². The zero-order chi connectivity index (χ0) is 21.2. The SMILES string of the molecule is CCNC(=NCCCNC(=O)c1cccc(O)c1)N1CCN(c2ccccn2)CC1. The van der Waals surface area contributed by atoms with Crippen molar-refractivity contribution in [1.29, 1.82) is 0 Å². The third kappa shape index (κ3) is 6.10. The number of rotatable bonds is 7. The molecular weight excluding hydrogens is 380 g/mol. The maximum Gasteiger partial charge on any atom is 0.251 e. The van der Waals surface area contributed by atoms with Gasteiger partial charge in [-0.25, -0.2) is 4.98 Å². The van der Waals surface area contributed by atoms with E-state index in [0.717, 1.165) is 50.9 Å². The molecule has 0 aliphatic carbocycles. The van der Waals surface area contributed by atoms with E-state index in [-0.39, 0.29) is 11.7 Å². The lowest BCUT2D eigenvalue weighted by atomic mass is 10.2. The number of carbonyl (C=O) groups excluding carboxylic acids is 1. The minimum atomic E-state index is -0.188. The molecule has 0 unspecified atom stereocenters. The van der Waals surface area contributed by atoms with E-state index in [4.69, 9.17) is 4.99 Å². The Balaban J connectivity index is 1.44. The van der Waals surface area contributed by atoms with Crippen LogP contribution in [0.15, 0.2) is 53.7 Å². The number of hydrogen-bond acceptors (Lipinski definition) is 5. The first-order valence-electron chi connectivity index (χ1n) is 10.4. The molecule has 8 nitrogen and oxygen atoms in total. The van der Waals surface area contributed by atoms with Gasteiger partial charge in [0.15, 0.2) is 5.96 Å². The number of anilines is 1. The topological polar surface area (TPSA) is 93.1 Å². The summed E-state index contributed by atoms with van der Waals surface area (Å²) in [6.07, 6.45) is 2.57. The lowest BCUT2D eigenvalue weighted by Crippen LogP contribution is -2.52. The van der Waals surface area contributed by atoms with Crippen molar-refractivity contribution in [2.24, 2.45) is 4.99 Å². The molecule has 0 bridgehead atoms. The number of aromatic nitrogens is 1. The quantitative estimate of drug-likeness (QED) is 0.365. The predicted molar refractivity (Wildman–Crippen MR) is 119 cm³/mol. The highest BCUT2D eigenvalue weighted by Gasteiger charge is 2.20. The van der Waals surface area contributed by atoms with Gasteiger partial charge < -0.3 is 25.5 Å². The summed E-state index contributed by atoms with van der Waals surface area (Å²) in [6, 6.07) is 12.3. The molecule has 1 aromatic carbocycles. The molecule has 1 amide bonds. The second-order valence-corrected chi connectivity index (χ2v) is 7.06. The molecule has 30 heavy (non-hydrogen) atoms. The highest BCUT2D eigenvalue weighted by Crippen LogP contribution is 2.13. The van der Waals surface area contributed by atoms with E-state index in [1.165, 1.54) is 6.07 Å². The molecule has 2 heterocycles. The lowest BCUT2D eigenvalue weighted by molar-refractivity contribution is 0.0953. The summed E-state index contributed by atoms with van der Waals surface area (Å²) in [5, 5.41) is 15.7. The minimum Gasteiger partial charge on any atom is -0.508 e. The number of phenolic OH excluding ortho intramolecular Hbond substituents is 1. The molecule has 0 atom stereocenters. The van der Waals surface area contributed by atoms with Gasteiger partial charge >= 0.3 is 0 Å². The third-order valence-electron chi connectivity index (χ3n) is 4.88. The number of nitrogens with one attached hydrogen (secondary N) is 2. The number of phenols is 1. The Kier molecular flexibility index (Phi) is 7.88. The van der Waals surface area contributed by atoms with Crippen LogP contribution in [0, 0.1) is 0 Å². The van der Waals surface area contributed by atoms with Crippen molar-refractivity contribution in [3.8, 4) is 5.75 Å². The van der Waals surface area contributed by atoms with Gasteiger partial charge in [-0.1, -0.05) is 12.1 Å². The highest BCUT2D eigenvalue weighted by molar-refractivity contribution is 5.94. The number of carbonyl (C=O) groups is 1. The number of aliphatic imine (C=N–C) groups is 1. The zero-order valence-corrected chi connectivity index (χ0v) is 17.4. The second kappa shape index (κ2) is 11.0. The first-order valence-corrected chi connectivity index (χ1v) is 10.4. The summed E-state index contributed by atoms with van der Waals surface area (Å²) in [4.78, 5) is 25.8. The van der Waals surface area contributed by atoms with Gasteiger partial charge in [0.2, 0.25) is 0 Å². The normalized spacial score (nSPS) is 14.5. The van der Waals surface area contributed by atoms with Gasteiger partial charge in [-0.15, -0.1) is 0 Å². The molecule has 1 aromatic heterocycles. The van der Waals surface area contributed by atoms with Gasteiger partial charge in [-0.05, 0) is 43.7 Å². The van der Waals surface area contributed by atoms with Crippen molar-refractivity contribution in [1.82, 2.24) is 20.5 Å². The number of pyridine rings is 1. The van der Waals surface area contributed by atoms with E-state index in [0.29, 0.717) is 18.7 Å². The van der Waals surface area contributed by atoms with Gasteiger partial charge in [0.1, 0.15) is 11.6 Å². The first-order chi connectivity index (χ1) is 14.7. The van der Waals surface area contributed by atoms with Gasteiger partial charge in [0.05, 0.1) is 0 Å². The molecule has 3 N–H and O–H groups in total. The molecule has 2 aromatic rings. The second-order valence-electron chi connectivity index (χ2n) is 7.06.